The number of rotatable bonds is 4. The van der Waals surface area contributed by atoms with Crippen LogP contribution in [-0.4, -0.2) is 35.9 Å². The molecule has 20 heavy (non-hydrogen) atoms. The Balaban J connectivity index is 2.06. The first kappa shape index (κ1) is 15.6. The summed E-state index contributed by atoms with van der Waals surface area (Å²) in [5.74, 6) is -0.172. The van der Waals surface area contributed by atoms with Gasteiger partial charge < -0.3 is 10.1 Å². The molecule has 1 heterocycles. The molecule has 4 nitrogen and oxygen atoms in total. The van der Waals surface area contributed by atoms with E-state index in [1.54, 1.807) is 18.0 Å². The first-order valence-electron chi connectivity index (χ1n) is 6.65. The molecule has 0 amide bonds. The van der Waals surface area contributed by atoms with Crippen LogP contribution in [0.5, 0.6) is 0 Å². The molecule has 2 atom stereocenters. The second-order valence-corrected chi connectivity index (χ2v) is 6.73. The highest BCUT2D eigenvalue weighted by atomic mass is 35.5. The third kappa shape index (κ3) is 3.45. The molecule has 1 aromatic heterocycles. The Morgan fingerprint density at radius 2 is 2.40 bits per heavy atom. The van der Waals surface area contributed by atoms with Crippen LogP contribution in [0.15, 0.2) is 23.4 Å². The standard InChI is InChI=1S/C14H19ClN2O2S/c1-16-14(13(18)19-2)7-3-4-11(8-14)20-12-6-5-10(15)9-17-12/h5-6,9,11,16H,3-4,7-8H2,1-2H3. The summed E-state index contributed by atoms with van der Waals surface area (Å²) >= 11 is 7.54. The molecule has 1 N–H and O–H groups in total. The highest BCUT2D eigenvalue weighted by Gasteiger charge is 2.42. The molecule has 2 unspecified atom stereocenters. The van der Waals surface area contributed by atoms with Gasteiger partial charge in [0.15, 0.2) is 0 Å². The third-order valence-electron chi connectivity index (χ3n) is 3.75. The zero-order chi connectivity index (χ0) is 14.6. The van der Waals surface area contributed by atoms with Gasteiger partial charge in [0.25, 0.3) is 0 Å². The largest absolute Gasteiger partial charge is 0.468 e. The summed E-state index contributed by atoms with van der Waals surface area (Å²) in [6.07, 6.45) is 5.31. The molecule has 0 aromatic carbocycles. The lowest BCUT2D eigenvalue weighted by Gasteiger charge is -2.37. The molecule has 2 rings (SSSR count). The fourth-order valence-corrected chi connectivity index (χ4v) is 4.00. The topological polar surface area (TPSA) is 51.2 Å². The second kappa shape index (κ2) is 6.78. The number of pyridine rings is 1. The van der Waals surface area contributed by atoms with E-state index in [4.69, 9.17) is 16.3 Å². The summed E-state index contributed by atoms with van der Waals surface area (Å²) in [4.78, 5) is 16.3. The Kier molecular flexibility index (Phi) is 5.29. The molecule has 1 fully saturated rings. The van der Waals surface area contributed by atoms with Crippen LogP contribution < -0.4 is 5.32 Å². The predicted molar refractivity (Wildman–Crippen MR) is 81.2 cm³/mol. The minimum absolute atomic E-state index is 0.172. The van der Waals surface area contributed by atoms with Gasteiger partial charge in [-0.1, -0.05) is 11.6 Å². The monoisotopic (exact) mass is 314 g/mol. The fraction of sp³-hybridized carbons (Fsp3) is 0.571. The maximum absolute atomic E-state index is 12.0. The molecular weight excluding hydrogens is 296 g/mol. The van der Waals surface area contributed by atoms with Crippen molar-refractivity contribution in [2.75, 3.05) is 14.2 Å². The summed E-state index contributed by atoms with van der Waals surface area (Å²) in [5, 5.41) is 5.09. The van der Waals surface area contributed by atoms with Crippen LogP contribution in [0.2, 0.25) is 5.02 Å². The van der Waals surface area contributed by atoms with Gasteiger partial charge in [0.1, 0.15) is 5.54 Å². The van der Waals surface area contributed by atoms with Crippen LogP contribution in [0.1, 0.15) is 25.7 Å². The number of nitrogens with one attached hydrogen (secondary N) is 1. The van der Waals surface area contributed by atoms with Crippen LogP contribution in [0.25, 0.3) is 0 Å². The number of thioether (sulfide) groups is 1. The summed E-state index contributed by atoms with van der Waals surface area (Å²) in [6, 6.07) is 3.76. The second-order valence-electron chi connectivity index (χ2n) is 4.97. The summed E-state index contributed by atoms with van der Waals surface area (Å²) in [6.45, 7) is 0. The number of nitrogens with zero attached hydrogens (tertiary/aromatic N) is 1. The first-order chi connectivity index (χ1) is 9.59. The smallest absolute Gasteiger partial charge is 0.326 e. The molecule has 0 saturated heterocycles. The Morgan fingerprint density at radius 1 is 1.60 bits per heavy atom. The molecule has 1 aliphatic carbocycles. The summed E-state index contributed by atoms with van der Waals surface area (Å²) in [5.41, 5.74) is -0.558. The predicted octanol–water partition coefficient (Wildman–Crippen LogP) is 2.90. The van der Waals surface area contributed by atoms with Gasteiger partial charge in [-0.15, -0.1) is 11.8 Å². The van der Waals surface area contributed by atoms with Crippen molar-refractivity contribution < 1.29 is 9.53 Å². The Labute approximate surface area is 128 Å². The lowest BCUT2D eigenvalue weighted by Crippen LogP contribution is -2.54. The number of halogens is 1. The van der Waals surface area contributed by atoms with Crippen molar-refractivity contribution >= 4 is 29.3 Å². The zero-order valence-electron chi connectivity index (χ0n) is 11.7. The number of carbonyl (C=O) groups excluding carboxylic acids is 1. The number of aromatic nitrogens is 1. The lowest BCUT2D eigenvalue weighted by molar-refractivity contribution is -0.149. The maximum Gasteiger partial charge on any atom is 0.326 e. The third-order valence-corrected chi connectivity index (χ3v) is 5.19. The van der Waals surface area contributed by atoms with Gasteiger partial charge in [-0.25, -0.2) is 4.98 Å². The number of methoxy groups -OCH3 is 1. The van der Waals surface area contributed by atoms with Crippen LogP contribution >= 0.6 is 23.4 Å². The maximum atomic E-state index is 12.0. The SMILES string of the molecule is CNC1(C(=O)OC)CCCC(Sc2ccc(Cl)cn2)C1. The normalized spacial score (nSPS) is 26.2. The van der Waals surface area contributed by atoms with Crippen molar-refractivity contribution in [3.63, 3.8) is 0 Å². The van der Waals surface area contributed by atoms with E-state index in [2.05, 4.69) is 10.3 Å². The van der Waals surface area contributed by atoms with Gasteiger partial charge in [-0.2, -0.15) is 0 Å². The van der Waals surface area contributed by atoms with E-state index in [1.807, 2.05) is 19.2 Å². The minimum Gasteiger partial charge on any atom is -0.468 e. The molecule has 6 heteroatoms. The number of likely N-dealkylation sites (N-methyl/N-ethyl adjacent to an activating group) is 1. The Morgan fingerprint density at radius 3 is 3.00 bits per heavy atom. The van der Waals surface area contributed by atoms with E-state index in [9.17, 15) is 4.79 Å². The van der Waals surface area contributed by atoms with E-state index in [0.29, 0.717) is 10.3 Å². The van der Waals surface area contributed by atoms with Crippen molar-refractivity contribution in [1.29, 1.82) is 0 Å². The van der Waals surface area contributed by atoms with E-state index >= 15 is 0 Å². The van der Waals surface area contributed by atoms with Gasteiger partial charge in [0.2, 0.25) is 0 Å². The van der Waals surface area contributed by atoms with E-state index in [0.717, 1.165) is 30.7 Å². The van der Waals surface area contributed by atoms with E-state index in [-0.39, 0.29) is 5.97 Å². The van der Waals surface area contributed by atoms with Gasteiger partial charge in [0, 0.05) is 11.4 Å². The minimum atomic E-state index is -0.558. The van der Waals surface area contributed by atoms with Crippen LogP contribution in [-0.2, 0) is 9.53 Å². The molecule has 110 valence electrons. The van der Waals surface area contributed by atoms with Crippen molar-refractivity contribution in [2.45, 2.75) is 41.5 Å². The van der Waals surface area contributed by atoms with Crippen molar-refractivity contribution in [1.82, 2.24) is 10.3 Å². The number of carbonyl (C=O) groups is 1. The van der Waals surface area contributed by atoms with Crippen molar-refractivity contribution in [3.05, 3.63) is 23.4 Å². The Hall–Kier alpha value is -0.780. The average Bonchev–Trinajstić information content (AvgIpc) is 2.49. The Bertz CT molecular complexity index is 469. The number of hydrogen-bond acceptors (Lipinski definition) is 5. The molecule has 1 saturated carbocycles. The first-order valence-corrected chi connectivity index (χ1v) is 7.91. The van der Waals surface area contributed by atoms with Gasteiger partial charge in [-0.3, -0.25) is 4.79 Å². The molecule has 0 radical (unpaired) electrons. The average molecular weight is 315 g/mol. The van der Waals surface area contributed by atoms with Crippen molar-refractivity contribution in [2.24, 2.45) is 0 Å². The van der Waals surface area contributed by atoms with E-state index in [1.165, 1.54) is 7.11 Å². The van der Waals surface area contributed by atoms with Crippen LogP contribution in [0, 0.1) is 0 Å². The zero-order valence-corrected chi connectivity index (χ0v) is 13.3. The van der Waals surface area contributed by atoms with Gasteiger partial charge in [0.05, 0.1) is 17.2 Å². The van der Waals surface area contributed by atoms with E-state index < -0.39 is 5.54 Å². The molecule has 0 bridgehead atoms. The van der Waals surface area contributed by atoms with Gasteiger partial charge >= 0.3 is 5.97 Å². The highest BCUT2D eigenvalue weighted by Crippen LogP contribution is 2.38. The molecule has 0 spiro atoms. The molecule has 0 aliphatic heterocycles. The van der Waals surface area contributed by atoms with Crippen molar-refractivity contribution in [3.8, 4) is 0 Å². The summed E-state index contributed by atoms with van der Waals surface area (Å²) < 4.78 is 4.95. The molecule has 1 aromatic rings. The van der Waals surface area contributed by atoms with Gasteiger partial charge in [-0.05, 0) is 44.9 Å². The quantitative estimate of drug-likeness (QED) is 0.866. The van der Waals surface area contributed by atoms with Crippen LogP contribution in [0.4, 0.5) is 0 Å². The highest BCUT2D eigenvalue weighted by molar-refractivity contribution is 7.99. The number of ether oxygens (including phenoxy) is 1. The summed E-state index contributed by atoms with van der Waals surface area (Å²) in [7, 11) is 3.27. The fourth-order valence-electron chi connectivity index (χ4n) is 2.64. The van der Waals surface area contributed by atoms with Crippen LogP contribution in [0.3, 0.4) is 0 Å². The number of hydrogen-bond donors (Lipinski definition) is 1. The number of esters is 1. The lowest BCUT2D eigenvalue weighted by atomic mass is 9.81. The molecule has 1 aliphatic rings. The molecular formula is C14H19ClN2O2S.